The van der Waals surface area contributed by atoms with Crippen LogP contribution in [-0.4, -0.2) is 59.9 Å². The molecule has 1 saturated heterocycles. The number of ether oxygens (including phenoxy) is 1. The quantitative estimate of drug-likeness (QED) is 0.778. The molecular weight excluding hydrogens is 286 g/mol. The smallest absolute Gasteiger partial charge is 0.322 e. The standard InChI is InChI=1S/C11H17N3O5S/c1-19-6-5-13-8-9(7-12-13)20(17,18)14-4-2-3-10(14)11(15)16/h7-8,10H,2-6H2,1H3,(H,15,16)/t10-/m1/s1. The molecule has 1 atom stereocenters. The van der Waals surface area contributed by atoms with Crippen LogP contribution in [0.4, 0.5) is 0 Å². The molecule has 0 aliphatic carbocycles. The van der Waals surface area contributed by atoms with Gasteiger partial charge in [-0.25, -0.2) is 8.42 Å². The Bertz CT molecular complexity index is 583. The SMILES string of the molecule is COCCn1cc(S(=O)(=O)N2CCC[C@@H]2C(=O)O)cn1. The Balaban J connectivity index is 2.21. The van der Waals surface area contributed by atoms with Gasteiger partial charge in [-0.05, 0) is 12.8 Å². The maximum absolute atomic E-state index is 12.4. The topological polar surface area (TPSA) is 102 Å². The van der Waals surface area contributed by atoms with Crippen LogP contribution in [0.25, 0.3) is 0 Å². The molecular formula is C11H17N3O5S. The lowest BCUT2D eigenvalue weighted by Gasteiger charge is -2.19. The second-order valence-corrected chi connectivity index (χ2v) is 6.43. The summed E-state index contributed by atoms with van der Waals surface area (Å²) in [5.74, 6) is -1.11. The molecule has 1 fully saturated rings. The largest absolute Gasteiger partial charge is 0.480 e. The van der Waals surface area contributed by atoms with E-state index in [4.69, 9.17) is 9.84 Å². The van der Waals surface area contributed by atoms with Crippen LogP contribution in [0.5, 0.6) is 0 Å². The monoisotopic (exact) mass is 303 g/mol. The summed E-state index contributed by atoms with van der Waals surface area (Å²) in [6.07, 6.45) is 3.52. The summed E-state index contributed by atoms with van der Waals surface area (Å²) in [5.41, 5.74) is 0. The Morgan fingerprint density at radius 3 is 3.00 bits per heavy atom. The number of aromatic nitrogens is 2. The fraction of sp³-hybridized carbons (Fsp3) is 0.636. The van der Waals surface area contributed by atoms with Gasteiger partial charge in [0, 0.05) is 19.9 Å². The molecule has 0 saturated carbocycles. The minimum atomic E-state index is -3.81. The van der Waals surface area contributed by atoms with E-state index in [0.29, 0.717) is 26.0 Å². The normalized spacial score (nSPS) is 20.4. The van der Waals surface area contributed by atoms with Gasteiger partial charge < -0.3 is 9.84 Å². The predicted octanol–water partition coefficient (Wildman–Crippen LogP) is -0.233. The molecule has 1 aromatic rings. The van der Waals surface area contributed by atoms with Crippen molar-refractivity contribution in [3.63, 3.8) is 0 Å². The minimum absolute atomic E-state index is 0.0155. The fourth-order valence-electron chi connectivity index (χ4n) is 2.19. The van der Waals surface area contributed by atoms with E-state index in [1.807, 2.05) is 0 Å². The van der Waals surface area contributed by atoms with Crippen LogP contribution in [-0.2, 0) is 26.1 Å². The number of rotatable bonds is 6. The molecule has 0 aromatic carbocycles. The van der Waals surface area contributed by atoms with Gasteiger partial charge in [-0.3, -0.25) is 9.48 Å². The zero-order valence-electron chi connectivity index (χ0n) is 11.1. The third kappa shape index (κ3) is 2.84. The molecule has 0 amide bonds. The number of hydrogen-bond donors (Lipinski definition) is 1. The summed E-state index contributed by atoms with van der Waals surface area (Å²) < 4.78 is 32.2. The van der Waals surface area contributed by atoms with Crippen LogP contribution in [0.2, 0.25) is 0 Å². The molecule has 1 aliphatic rings. The molecule has 20 heavy (non-hydrogen) atoms. The summed E-state index contributed by atoms with van der Waals surface area (Å²) in [6, 6.07) is -0.984. The number of carboxylic acids is 1. The van der Waals surface area contributed by atoms with E-state index in [0.717, 1.165) is 4.31 Å². The van der Waals surface area contributed by atoms with Gasteiger partial charge in [0.25, 0.3) is 0 Å². The first-order chi connectivity index (χ1) is 9.46. The van der Waals surface area contributed by atoms with Crippen molar-refractivity contribution < 1.29 is 23.1 Å². The first kappa shape index (κ1) is 14.9. The molecule has 1 aliphatic heterocycles. The number of sulfonamides is 1. The third-order valence-corrected chi connectivity index (χ3v) is 5.09. The predicted molar refractivity (Wildman–Crippen MR) is 68.7 cm³/mol. The summed E-state index contributed by atoms with van der Waals surface area (Å²) in [5, 5.41) is 13.0. The van der Waals surface area contributed by atoms with Crippen LogP contribution in [0.3, 0.4) is 0 Å². The highest BCUT2D eigenvalue weighted by Crippen LogP contribution is 2.25. The lowest BCUT2D eigenvalue weighted by atomic mass is 10.2. The zero-order valence-corrected chi connectivity index (χ0v) is 11.9. The van der Waals surface area contributed by atoms with Crippen molar-refractivity contribution in [3.8, 4) is 0 Å². The van der Waals surface area contributed by atoms with Gasteiger partial charge in [-0.2, -0.15) is 9.40 Å². The Morgan fingerprint density at radius 1 is 1.60 bits per heavy atom. The molecule has 112 valence electrons. The number of carboxylic acid groups (broad SMARTS) is 1. The van der Waals surface area contributed by atoms with Gasteiger partial charge in [0.15, 0.2) is 0 Å². The van der Waals surface area contributed by atoms with Crippen molar-refractivity contribution in [2.24, 2.45) is 0 Å². The minimum Gasteiger partial charge on any atom is -0.480 e. The van der Waals surface area contributed by atoms with E-state index in [-0.39, 0.29) is 11.4 Å². The Morgan fingerprint density at radius 2 is 2.35 bits per heavy atom. The summed E-state index contributed by atoms with van der Waals surface area (Å²) >= 11 is 0. The van der Waals surface area contributed by atoms with Gasteiger partial charge >= 0.3 is 5.97 Å². The molecule has 0 spiro atoms. The van der Waals surface area contributed by atoms with Crippen LogP contribution in [0, 0.1) is 0 Å². The van der Waals surface area contributed by atoms with Crippen molar-refractivity contribution in [3.05, 3.63) is 12.4 Å². The maximum atomic E-state index is 12.4. The van der Waals surface area contributed by atoms with Crippen LogP contribution >= 0.6 is 0 Å². The number of carbonyl (C=O) groups is 1. The second kappa shape index (κ2) is 5.90. The first-order valence-corrected chi connectivity index (χ1v) is 7.67. The highest BCUT2D eigenvalue weighted by atomic mass is 32.2. The number of nitrogens with zero attached hydrogens (tertiary/aromatic N) is 3. The fourth-order valence-corrected chi connectivity index (χ4v) is 3.80. The highest BCUT2D eigenvalue weighted by molar-refractivity contribution is 7.89. The summed E-state index contributed by atoms with van der Waals surface area (Å²) in [4.78, 5) is 11.1. The van der Waals surface area contributed by atoms with Crippen LogP contribution in [0.1, 0.15) is 12.8 Å². The summed E-state index contributed by atoms with van der Waals surface area (Å²) in [7, 11) is -2.26. The van der Waals surface area contributed by atoms with Crippen LogP contribution < -0.4 is 0 Å². The van der Waals surface area contributed by atoms with Crippen molar-refractivity contribution in [2.75, 3.05) is 20.3 Å². The van der Waals surface area contributed by atoms with Gasteiger partial charge in [-0.15, -0.1) is 0 Å². The van der Waals surface area contributed by atoms with E-state index in [9.17, 15) is 13.2 Å². The van der Waals surface area contributed by atoms with E-state index < -0.39 is 22.0 Å². The Hall–Kier alpha value is -1.45. The average Bonchev–Trinajstić information content (AvgIpc) is 3.05. The van der Waals surface area contributed by atoms with Gasteiger partial charge in [0.1, 0.15) is 10.9 Å². The van der Waals surface area contributed by atoms with E-state index in [2.05, 4.69) is 5.10 Å². The average molecular weight is 303 g/mol. The lowest BCUT2D eigenvalue weighted by molar-refractivity contribution is -0.140. The van der Waals surface area contributed by atoms with E-state index >= 15 is 0 Å². The van der Waals surface area contributed by atoms with E-state index in [1.165, 1.54) is 17.1 Å². The van der Waals surface area contributed by atoms with Crippen molar-refractivity contribution in [1.29, 1.82) is 0 Å². The van der Waals surface area contributed by atoms with Gasteiger partial charge in [-0.1, -0.05) is 0 Å². The molecule has 0 bridgehead atoms. The van der Waals surface area contributed by atoms with Crippen molar-refractivity contribution in [2.45, 2.75) is 30.3 Å². The molecule has 2 rings (SSSR count). The Kier molecular flexibility index (Phi) is 4.41. The van der Waals surface area contributed by atoms with Gasteiger partial charge in [0.2, 0.25) is 10.0 Å². The molecule has 2 heterocycles. The maximum Gasteiger partial charge on any atom is 0.322 e. The highest BCUT2D eigenvalue weighted by Gasteiger charge is 2.39. The van der Waals surface area contributed by atoms with E-state index in [1.54, 1.807) is 7.11 Å². The first-order valence-electron chi connectivity index (χ1n) is 6.23. The number of methoxy groups -OCH3 is 1. The molecule has 1 aromatic heterocycles. The van der Waals surface area contributed by atoms with Crippen molar-refractivity contribution in [1.82, 2.24) is 14.1 Å². The van der Waals surface area contributed by atoms with Crippen LogP contribution in [0.15, 0.2) is 17.3 Å². The molecule has 9 heteroatoms. The third-order valence-electron chi connectivity index (χ3n) is 3.23. The molecule has 0 radical (unpaired) electrons. The lowest BCUT2D eigenvalue weighted by Crippen LogP contribution is -2.40. The molecule has 1 N–H and O–H groups in total. The number of aliphatic carboxylic acids is 1. The molecule has 8 nitrogen and oxygen atoms in total. The second-order valence-electron chi connectivity index (χ2n) is 4.54. The zero-order chi connectivity index (χ0) is 14.8. The molecule has 0 unspecified atom stereocenters. The van der Waals surface area contributed by atoms with Crippen molar-refractivity contribution >= 4 is 16.0 Å². The van der Waals surface area contributed by atoms with Gasteiger partial charge in [0.05, 0.1) is 19.3 Å². The Labute approximate surface area is 117 Å². The summed E-state index contributed by atoms with van der Waals surface area (Å²) in [6.45, 7) is 1.08. The number of hydrogen-bond acceptors (Lipinski definition) is 5.